The second-order valence-corrected chi connectivity index (χ2v) is 10.4. The lowest BCUT2D eigenvalue weighted by Crippen LogP contribution is -2.42. The Hall–Kier alpha value is -2.59. The van der Waals surface area contributed by atoms with E-state index < -0.39 is 21.5 Å². The molecule has 0 atom stereocenters. The molecule has 0 spiro atoms. The van der Waals surface area contributed by atoms with Crippen LogP contribution >= 0.6 is 11.3 Å². The van der Waals surface area contributed by atoms with Gasteiger partial charge in [-0.2, -0.15) is 4.98 Å². The number of hydrogen-bond donors (Lipinski definition) is 0. The smallest absolute Gasteiger partial charge is 0.274 e. The van der Waals surface area contributed by atoms with Crippen molar-refractivity contribution in [3.8, 4) is 5.19 Å². The standard InChI is InChI=1S/C21H20F2N2O4S2/c22-14-12-17(23)20-18(13-14)30-21(24-20)29-15-6-9-25(10-7-15)19(26)8-11-31(27,28)16-4-2-1-3-5-16/h1-5,12-13,15H,6-11H2. The molecule has 0 radical (unpaired) electrons. The summed E-state index contributed by atoms with van der Waals surface area (Å²) in [4.78, 5) is 18.4. The van der Waals surface area contributed by atoms with Crippen molar-refractivity contribution in [3.05, 3.63) is 54.1 Å². The molecule has 0 bridgehead atoms. The summed E-state index contributed by atoms with van der Waals surface area (Å²) in [6, 6.07) is 10.1. The van der Waals surface area contributed by atoms with Crippen LogP contribution in [0.25, 0.3) is 10.2 Å². The number of likely N-dealkylation sites (tertiary alicyclic amines) is 1. The Morgan fingerprint density at radius 2 is 1.87 bits per heavy atom. The van der Waals surface area contributed by atoms with Crippen molar-refractivity contribution >= 4 is 37.3 Å². The molecule has 0 N–H and O–H groups in total. The number of hydrogen-bond acceptors (Lipinski definition) is 6. The zero-order valence-corrected chi connectivity index (χ0v) is 18.1. The molecule has 164 valence electrons. The predicted octanol–water partition coefficient (Wildman–Crippen LogP) is 3.81. The third-order valence-corrected chi connectivity index (χ3v) is 7.77. The number of amides is 1. The van der Waals surface area contributed by atoms with Gasteiger partial charge in [0, 0.05) is 38.4 Å². The number of carbonyl (C=O) groups excluding carboxylic acids is 1. The van der Waals surface area contributed by atoms with Crippen LogP contribution in [0.3, 0.4) is 0 Å². The highest BCUT2D eigenvalue weighted by molar-refractivity contribution is 7.91. The molecule has 6 nitrogen and oxygen atoms in total. The summed E-state index contributed by atoms with van der Waals surface area (Å²) in [5, 5.41) is 0.262. The molecule has 1 aliphatic rings. The first-order valence-corrected chi connectivity index (χ1v) is 12.3. The van der Waals surface area contributed by atoms with Crippen molar-refractivity contribution in [1.29, 1.82) is 0 Å². The number of aromatic nitrogens is 1. The number of thiazole rings is 1. The maximum absolute atomic E-state index is 13.8. The highest BCUT2D eigenvalue weighted by Gasteiger charge is 2.26. The average molecular weight is 467 g/mol. The van der Waals surface area contributed by atoms with E-state index in [9.17, 15) is 22.0 Å². The molecule has 0 aliphatic carbocycles. The number of nitrogens with zero attached hydrogens (tertiary/aromatic N) is 2. The molecule has 1 aromatic heterocycles. The summed E-state index contributed by atoms with van der Waals surface area (Å²) in [6.07, 6.45) is 0.810. The number of piperidine rings is 1. The Kier molecular flexibility index (Phi) is 6.19. The quantitative estimate of drug-likeness (QED) is 0.552. The minimum atomic E-state index is -3.50. The zero-order chi connectivity index (χ0) is 22.0. The molecule has 0 unspecified atom stereocenters. The van der Waals surface area contributed by atoms with Crippen LogP contribution in [-0.2, 0) is 14.6 Å². The van der Waals surface area contributed by atoms with E-state index in [1.807, 2.05) is 0 Å². The summed E-state index contributed by atoms with van der Waals surface area (Å²) >= 11 is 1.07. The monoisotopic (exact) mass is 466 g/mol. The van der Waals surface area contributed by atoms with Gasteiger partial charge in [0.2, 0.25) is 5.91 Å². The fourth-order valence-corrected chi connectivity index (χ4v) is 5.65. The second kappa shape index (κ2) is 8.88. The minimum absolute atomic E-state index is 0.0774. The first-order valence-electron chi connectivity index (χ1n) is 9.80. The van der Waals surface area contributed by atoms with Crippen LogP contribution < -0.4 is 4.74 Å². The molecule has 2 heterocycles. The molecule has 1 amide bonds. The largest absolute Gasteiger partial charge is 0.467 e. The number of fused-ring (bicyclic) bond motifs is 1. The van der Waals surface area contributed by atoms with Crippen LogP contribution in [-0.4, -0.2) is 49.2 Å². The second-order valence-electron chi connectivity index (χ2n) is 7.29. The van der Waals surface area contributed by atoms with Crippen molar-refractivity contribution < 1.29 is 26.7 Å². The van der Waals surface area contributed by atoms with Gasteiger partial charge >= 0.3 is 0 Å². The minimum Gasteiger partial charge on any atom is -0.467 e. The molecule has 1 aliphatic heterocycles. The van der Waals surface area contributed by atoms with Gasteiger partial charge in [-0.25, -0.2) is 17.2 Å². The van der Waals surface area contributed by atoms with E-state index in [4.69, 9.17) is 4.74 Å². The van der Waals surface area contributed by atoms with E-state index in [2.05, 4.69) is 4.98 Å². The van der Waals surface area contributed by atoms with E-state index in [1.165, 1.54) is 18.2 Å². The van der Waals surface area contributed by atoms with Gasteiger partial charge in [0.25, 0.3) is 5.19 Å². The molecule has 31 heavy (non-hydrogen) atoms. The number of halogens is 2. The maximum Gasteiger partial charge on any atom is 0.274 e. The lowest BCUT2D eigenvalue weighted by molar-refractivity contribution is -0.132. The summed E-state index contributed by atoms with van der Waals surface area (Å²) in [7, 11) is -3.50. The molecule has 1 fully saturated rings. The van der Waals surface area contributed by atoms with Crippen LogP contribution in [0, 0.1) is 11.6 Å². The summed E-state index contributed by atoms with van der Waals surface area (Å²) in [6.45, 7) is 0.867. The van der Waals surface area contributed by atoms with Crippen molar-refractivity contribution in [3.63, 3.8) is 0 Å². The number of benzene rings is 2. The topological polar surface area (TPSA) is 76.6 Å². The molecular formula is C21H20F2N2O4S2. The van der Waals surface area contributed by atoms with Gasteiger partial charge in [-0.05, 0) is 18.2 Å². The SMILES string of the molecule is O=C(CCS(=O)(=O)c1ccccc1)N1CCC(Oc2nc3c(F)cc(F)cc3s2)CC1. The lowest BCUT2D eigenvalue weighted by atomic mass is 10.1. The van der Waals surface area contributed by atoms with Gasteiger partial charge < -0.3 is 9.64 Å². The average Bonchev–Trinajstić information content (AvgIpc) is 3.16. The van der Waals surface area contributed by atoms with E-state index in [0.717, 1.165) is 17.4 Å². The van der Waals surface area contributed by atoms with E-state index in [0.29, 0.717) is 30.6 Å². The fourth-order valence-electron chi connectivity index (χ4n) is 3.48. The Bertz CT molecular complexity index is 1190. The third kappa shape index (κ3) is 5.01. The molecule has 3 aromatic rings. The maximum atomic E-state index is 13.8. The molecule has 0 saturated carbocycles. The van der Waals surface area contributed by atoms with Crippen LogP contribution in [0.5, 0.6) is 5.19 Å². The lowest BCUT2D eigenvalue weighted by Gasteiger charge is -2.31. The first kappa shape index (κ1) is 21.6. The molecule has 1 saturated heterocycles. The summed E-state index contributed by atoms with van der Waals surface area (Å²) in [5.74, 6) is -1.84. The van der Waals surface area contributed by atoms with Crippen molar-refractivity contribution in [2.45, 2.75) is 30.3 Å². The predicted molar refractivity (Wildman–Crippen MR) is 113 cm³/mol. The molecule has 4 rings (SSSR count). The van der Waals surface area contributed by atoms with Gasteiger partial charge in [-0.3, -0.25) is 4.79 Å². The van der Waals surface area contributed by atoms with Crippen LogP contribution in [0.15, 0.2) is 47.4 Å². The Morgan fingerprint density at radius 1 is 1.16 bits per heavy atom. The molecule has 2 aromatic carbocycles. The summed E-state index contributed by atoms with van der Waals surface area (Å²) in [5.41, 5.74) is 0.0774. The fraction of sp³-hybridized carbons (Fsp3) is 0.333. The number of carbonyl (C=O) groups is 1. The number of ether oxygens (including phenoxy) is 1. The van der Waals surface area contributed by atoms with E-state index in [1.54, 1.807) is 23.1 Å². The molecule has 10 heteroatoms. The van der Waals surface area contributed by atoms with Crippen LogP contribution in [0.1, 0.15) is 19.3 Å². The Labute approximate surface area is 182 Å². The third-order valence-electron chi connectivity index (χ3n) is 5.14. The number of sulfone groups is 1. The van der Waals surface area contributed by atoms with Gasteiger partial charge in [0.1, 0.15) is 17.4 Å². The molecular weight excluding hydrogens is 446 g/mol. The van der Waals surface area contributed by atoms with Gasteiger partial charge in [-0.1, -0.05) is 29.5 Å². The van der Waals surface area contributed by atoms with Crippen LogP contribution in [0.2, 0.25) is 0 Å². The van der Waals surface area contributed by atoms with Gasteiger partial charge in [0.15, 0.2) is 15.7 Å². The highest BCUT2D eigenvalue weighted by atomic mass is 32.2. The first-order chi connectivity index (χ1) is 14.8. The summed E-state index contributed by atoms with van der Waals surface area (Å²) < 4.78 is 58.0. The number of rotatable bonds is 6. The Balaban J connectivity index is 1.29. The van der Waals surface area contributed by atoms with Crippen LogP contribution in [0.4, 0.5) is 8.78 Å². The van der Waals surface area contributed by atoms with Gasteiger partial charge in [-0.15, -0.1) is 0 Å². The van der Waals surface area contributed by atoms with Gasteiger partial charge in [0.05, 0.1) is 15.3 Å². The normalized spacial score (nSPS) is 15.4. The Morgan fingerprint density at radius 3 is 2.58 bits per heavy atom. The van der Waals surface area contributed by atoms with Crippen molar-refractivity contribution in [1.82, 2.24) is 9.88 Å². The van der Waals surface area contributed by atoms with E-state index >= 15 is 0 Å². The van der Waals surface area contributed by atoms with E-state index in [-0.39, 0.29) is 39.8 Å². The highest BCUT2D eigenvalue weighted by Crippen LogP contribution is 2.32. The van der Waals surface area contributed by atoms with Crippen molar-refractivity contribution in [2.75, 3.05) is 18.8 Å². The van der Waals surface area contributed by atoms with Crippen molar-refractivity contribution in [2.24, 2.45) is 0 Å². The zero-order valence-electron chi connectivity index (χ0n) is 16.5.